The third kappa shape index (κ3) is 3.65. The molecule has 2 atom stereocenters. The van der Waals surface area contributed by atoms with Crippen LogP contribution in [0.1, 0.15) is 30.8 Å². The van der Waals surface area contributed by atoms with Crippen LogP contribution in [0.25, 0.3) is 5.65 Å². The van der Waals surface area contributed by atoms with Gasteiger partial charge in [0.05, 0.1) is 11.4 Å². The van der Waals surface area contributed by atoms with E-state index in [0.29, 0.717) is 36.4 Å². The Labute approximate surface area is 190 Å². The number of aromatic nitrogens is 2. The lowest BCUT2D eigenvalue weighted by Gasteiger charge is -2.39. The van der Waals surface area contributed by atoms with E-state index in [9.17, 15) is 14.4 Å². The van der Waals surface area contributed by atoms with Gasteiger partial charge in [0.15, 0.2) is 29.3 Å². The van der Waals surface area contributed by atoms with Gasteiger partial charge in [-0.2, -0.15) is 0 Å². The van der Waals surface area contributed by atoms with Crippen molar-refractivity contribution >= 4 is 24.2 Å². The number of urea groups is 1. The predicted molar refractivity (Wildman–Crippen MR) is 119 cm³/mol. The lowest BCUT2D eigenvalue weighted by atomic mass is 9.38. The fraction of sp³-hybridized carbons (Fsp3) is 0.364. The first-order chi connectivity index (χ1) is 15.9. The number of nitrogens with one attached hydrogen (secondary N) is 1. The van der Waals surface area contributed by atoms with Crippen molar-refractivity contribution in [2.45, 2.75) is 38.6 Å². The number of rotatable bonds is 3. The SMILES string of the molecule is CCC1CN(C2=CN3C(=O)NC(c4cc(F)c5nc(C)cn5c4)N=C3C(F)=C2)CCB1C#N. The Hall–Kier alpha value is -3.68. The second-order valence-electron chi connectivity index (χ2n) is 8.59. The average Bonchev–Trinajstić information content (AvgIpc) is 3.19. The molecule has 5 heterocycles. The van der Waals surface area contributed by atoms with Crippen molar-refractivity contribution < 1.29 is 13.6 Å². The Balaban J connectivity index is 1.44. The van der Waals surface area contributed by atoms with E-state index in [4.69, 9.17) is 0 Å². The molecule has 0 radical (unpaired) electrons. The zero-order chi connectivity index (χ0) is 23.3. The summed E-state index contributed by atoms with van der Waals surface area (Å²) in [5.41, 5.74) is 1.77. The number of nitriles is 1. The summed E-state index contributed by atoms with van der Waals surface area (Å²) < 4.78 is 31.2. The number of allylic oxidation sites excluding steroid dienone is 1. The van der Waals surface area contributed by atoms with Crippen LogP contribution in [-0.4, -0.2) is 50.9 Å². The molecule has 1 saturated heterocycles. The van der Waals surface area contributed by atoms with E-state index in [-0.39, 0.29) is 24.0 Å². The monoisotopic (exact) mass is 449 g/mol. The van der Waals surface area contributed by atoms with Gasteiger partial charge in [-0.15, -0.1) is 0 Å². The number of carbonyl (C=O) groups is 1. The maximum absolute atomic E-state index is 15.1. The van der Waals surface area contributed by atoms with E-state index in [0.717, 1.165) is 11.3 Å². The summed E-state index contributed by atoms with van der Waals surface area (Å²) >= 11 is 0. The first-order valence-electron chi connectivity index (χ1n) is 10.9. The number of imidazole rings is 1. The lowest BCUT2D eigenvalue weighted by Crippen LogP contribution is -2.49. The number of nitrogens with zero attached hydrogens (tertiary/aromatic N) is 6. The van der Waals surface area contributed by atoms with Crippen molar-refractivity contribution in [2.75, 3.05) is 13.1 Å². The number of hydrogen-bond acceptors (Lipinski definition) is 5. The molecule has 0 aromatic carbocycles. The topological polar surface area (TPSA) is 89.0 Å². The molecule has 0 spiro atoms. The van der Waals surface area contributed by atoms with E-state index in [1.807, 2.05) is 11.8 Å². The number of pyridine rings is 1. The van der Waals surface area contributed by atoms with Crippen molar-refractivity contribution in [3.63, 3.8) is 0 Å². The van der Waals surface area contributed by atoms with Crippen molar-refractivity contribution in [1.29, 1.82) is 5.26 Å². The van der Waals surface area contributed by atoms with Crippen LogP contribution in [-0.2, 0) is 0 Å². The number of carbonyl (C=O) groups excluding carboxylic acids is 1. The fourth-order valence-electron chi connectivity index (χ4n) is 4.69. The van der Waals surface area contributed by atoms with E-state index < -0.39 is 23.8 Å². The van der Waals surface area contributed by atoms with Crippen LogP contribution in [0, 0.1) is 24.0 Å². The predicted octanol–water partition coefficient (Wildman–Crippen LogP) is 3.57. The van der Waals surface area contributed by atoms with Gasteiger partial charge in [-0.1, -0.05) is 13.3 Å². The van der Waals surface area contributed by atoms with Crippen molar-refractivity contribution in [1.82, 2.24) is 24.5 Å². The van der Waals surface area contributed by atoms with E-state index in [1.165, 1.54) is 16.5 Å². The van der Waals surface area contributed by atoms with Gasteiger partial charge in [-0.25, -0.2) is 33.7 Å². The number of amidine groups is 1. The minimum Gasteiger partial charge on any atom is -0.371 e. The van der Waals surface area contributed by atoms with Crippen LogP contribution in [0.2, 0.25) is 12.1 Å². The standard InChI is InChI=1S/C22H22BF2N7O/c1-3-15-10-30(5-4-23(15)12-26)16-7-18(25)21-28-19(29-22(33)32(21)11-16)14-6-17(24)20-27-13(2)8-31(20)9-14/h6-9,11,15,19H,3-5,10H2,1-2H3,(H,29,33). The van der Waals surface area contributed by atoms with Crippen molar-refractivity contribution in [2.24, 2.45) is 4.99 Å². The molecule has 1 N–H and O–H groups in total. The highest BCUT2D eigenvalue weighted by molar-refractivity contribution is 6.68. The smallest absolute Gasteiger partial charge is 0.329 e. The van der Waals surface area contributed by atoms with Gasteiger partial charge in [0.1, 0.15) is 0 Å². The summed E-state index contributed by atoms with van der Waals surface area (Å²) in [5, 5.41) is 12.1. The first-order valence-corrected chi connectivity index (χ1v) is 10.9. The molecule has 0 saturated carbocycles. The lowest BCUT2D eigenvalue weighted by molar-refractivity contribution is 0.220. The zero-order valence-corrected chi connectivity index (χ0v) is 18.3. The van der Waals surface area contributed by atoms with E-state index >= 15 is 4.39 Å². The maximum Gasteiger partial charge on any atom is 0.329 e. The first kappa shape index (κ1) is 21.2. The molecule has 2 aromatic heterocycles. The largest absolute Gasteiger partial charge is 0.371 e. The fourth-order valence-corrected chi connectivity index (χ4v) is 4.69. The third-order valence-electron chi connectivity index (χ3n) is 6.46. The van der Waals surface area contributed by atoms with Crippen LogP contribution < -0.4 is 5.32 Å². The second-order valence-corrected chi connectivity index (χ2v) is 8.59. The molecule has 168 valence electrons. The van der Waals surface area contributed by atoms with Gasteiger partial charge in [-0.3, -0.25) is 0 Å². The molecule has 2 amide bonds. The average molecular weight is 449 g/mol. The number of hydrogen-bond donors (Lipinski definition) is 1. The third-order valence-corrected chi connectivity index (χ3v) is 6.46. The summed E-state index contributed by atoms with van der Waals surface area (Å²) in [5.74, 6) is 1.25. The summed E-state index contributed by atoms with van der Waals surface area (Å²) in [7, 11) is 0. The summed E-state index contributed by atoms with van der Waals surface area (Å²) in [6.07, 6.45) is 6.84. The molecule has 33 heavy (non-hydrogen) atoms. The van der Waals surface area contributed by atoms with Crippen molar-refractivity contribution in [3.8, 4) is 5.97 Å². The molecular formula is C22H22BF2N7O. The summed E-state index contributed by atoms with van der Waals surface area (Å²) in [6, 6.07) is 0.703. The Morgan fingerprint density at radius 1 is 1.36 bits per heavy atom. The minimum absolute atomic E-state index is 0.0162. The Morgan fingerprint density at radius 2 is 2.18 bits per heavy atom. The number of aliphatic imine (C=N–C) groups is 1. The molecule has 5 rings (SSSR count). The van der Waals surface area contributed by atoms with Gasteiger partial charge in [0.2, 0.25) is 0 Å². The molecule has 1 fully saturated rings. The van der Waals surface area contributed by atoms with Crippen LogP contribution in [0.4, 0.5) is 13.6 Å². The molecule has 8 nitrogen and oxygen atoms in total. The zero-order valence-electron chi connectivity index (χ0n) is 18.3. The Bertz CT molecular complexity index is 1280. The summed E-state index contributed by atoms with van der Waals surface area (Å²) in [6.45, 7) is 5.01. The van der Waals surface area contributed by atoms with E-state index in [2.05, 4.69) is 21.3 Å². The quantitative estimate of drug-likeness (QED) is 0.726. The minimum atomic E-state index is -0.935. The van der Waals surface area contributed by atoms with Gasteiger partial charge in [0, 0.05) is 49.3 Å². The number of fused-ring (bicyclic) bond motifs is 2. The van der Waals surface area contributed by atoms with Crippen molar-refractivity contribution in [3.05, 3.63) is 59.3 Å². The van der Waals surface area contributed by atoms with Gasteiger partial charge in [-0.05, 0) is 25.1 Å². The van der Waals surface area contributed by atoms with E-state index in [1.54, 1.807) is 25.5 Å². The highest BCUT2D eigenvalue weighted by Gasteiger charge is 2.37. The molecule has 3 aliphatic rings. The molecule has 0 aliphatic carbocycles. The highest BCUT2D eigenvalue weighted by Crippen LogP contribution is 2.32. The van der Waals surface area contributed by atoms with Gasteiger partial charge in [0.25, 0.3) is 6.71 Å². The highest BCUT2D eigenvalue weighted by atomic mass is 19.1. The van der Waals surface area contributed by atoms with Gasteiger partial charge >= 0.3 is 6.03 Å². The maximum atomic E-state index is 15.1. The number of halogens is 2. The Kier molecular flexibility index (Phi) is 5.15. The molecule has 11 heteroatoms. The van der Waals surface area contributed by atoms with Crippen LogP contribution in [0.5, 0.6) is 0 Å². The molecular weight excluding hydrogens is 427 g/mol. The normalized spacial score (nSPS) is 22.9. The molecule has 0 bridgehead atoms. The Morgan fingerprint density at radius 3 is 2.94 bits per heavy atom. The van der Waals surface area contributed by atoms with Crippen LogP contribution >= 0.6 is 0 Å². The molecule has 3 aliphatic heterocycles. The van der Waals surface area contributed by atoms with Gasteiger partial charge < -0.3 is 14.6 Å². The summed E-state index contributed by atoms with van der Waals surface area (Å²) in [4.78, 5) is 24.5. The number of amides is 2. The second kappa shape index (κ2) is 8.03. The van der Waals surface area contributed by atoms with Crippen LogP contribution in [0.3, 0.4) is 0 Å². The number of aryl methyl sites for hydroxylation is 1. The molecule has 2 unspecified atom stereocenters. The molecule has 2 aromatic rings. The van der Waals surface area contributed by atoms with Crippen LogP contribution in [0.15, 0.2) is 47.3 Å².